The van der Waals surface area contributed by atoms with Crippen molar-refractivity contribution in [1.82, 2.24) is 0 Å². The molecule has 0 amide bonds. The summed E-state index contributed by atoms with van der Waals surface area (Å²) in [5.41, 5.74) is 2.71. The summed E-state index contributed by atoms with van der Waals surface area (Å²) in [5, 5.41) is 12.8. The molecule has 4 rings (SSSR count). The van der Waals surface area contributed by atoms with Gasteiger partial charge in [-0.05, 0) is 0 Å². The second-order valence-electron chi connectivity index (χ2n) is 6.45. The number of hydrogen-bond acceptors (Lipinski definition) is 3. The first-order chi connectivity index (χ1) is 12.0. The summed E-state index contributed by atoms with van der Waals surface area (Å²) in [6, 6.07) is 8.56. The third kappa shape index (κ3) is 2.47. The summed E-state index contributed by atoms with van der Waals surface area (Å²) in [5.74, 6) is 0.308. The monoisotopic (exact) mass is 411 g/mol. The number of hydrogen-bond donors (Lipinski definition) is 1. The normalized spacial score (nSPS) is 21.2. The van der Waals surface area contributed by atoms with Gasteiger partial charge in [-0.3, -0.25) is 0 Å². The Kier molecular flexibility index (Phi) is 3.87. The maximum absolute atomic E-state index is 12.0. The predicted octanol–water partition coefficient (Wildman–Crippen LogP) is 3.28. The van der Waals surface area contributed by atoms with E-state index in [9.17, 15) is 9.90 Å². The van der Waals surface area contributed by atoms with E-state index in [2.05, 4.69) is 24.1 Å². The Labute approximate surface area is 153 Å². The van der Waals surface area contributed by atoms with Gasteiger partial charge in [-0.25, -0.2) is 0 Å². The van der Waals surface area contributed by atoms with Crippen LogP contribution >= 0.6 is 0 Å². The van der Waals surface area contributed by atoms with Gasteiger partial charge in [0, 0.05) is 0 Å². The second kappa shape index (κ2) is 5.95. The van der Waals surface area contributed by atoms with Crippen molar-refractivity contribution in [2.24, 2.45) is 4.99 Å². The number of allylic oxidation sites excluding steroid dienone is 5. The Morgan fingerprint density at radius 2 is 2.16 bits per heavy atom. The molecule has 2 aromatic rings. The molecule has 124 valence electrons. The zero-order valence-electron chi connectivity index (χ0n) is 13.8. The zero-order valence-corrected chi connectivity index (χ0v) is 16.5. The number of aromatic hydroxyl groups is 1. The van der Waals surface area contributed by atoms with Crippen molar-refractivity contribution in [2.45, 2.75) is 12.6 Å². The molecular formula is C20H17NO2SeSi. The van der Waals surface area contributed by atoms with Crippen molar-refractivity contribution >= 4 is 44.9 Å². The molecule has 2 aliphatic rings. The van der Waals surface area contributed by atoms with Crippen LogP contribution in [-0.4, -0.2) is 39.2 Å². The molecule has 1 aliphatic heterocycles. The first kappa shape index (κ1) is 16.3. The minimum atomic E-state index is -2.28. The van der Waals surface area contributed by atoms with E-state index in [1.165, 1.54) is 4.44 Å². The fourth-order valence-corrected chi connectivity index (χ4v) is 9.53. The molecule has 0 radical (unpaired) electrons. The standard InChI is InChI=1S/C20H17NO2SeSi/c1-3-11-25(2)18-12-13(22)6-7-14(18)21-15-8-9-16(23)19(20(15)25)17-5-4-10-24-17/h3-10,12,23H,1,11H2,2H3. The first-order valence-electron chi connectivity index (χ1n) is 8.09. The van der Waals surface area contributed by atoms with Crippen LogP contribution in [0, 0.1) is 0 Å². The summed E-state index contributed by atoms with van der Waals surface area (Å²) in [6.07, 6.45) is 7.06. The number of nitrogens with zero attached hydrogens (tertiary/aromatic N) is 1. The Bertz CT molecular complexity index is 985. The van der Waals surface area contributed by atoms with Crippen LogP contribution in [0.4, 0.5) is 5.69 Å². The van der Waals surface area contributed by atoms with Crippen LogP contribution in [0.1, 0.15) is 0 Å². The van der Waals surface area contributed by atoms with Crippen LogP contribution in [0.25, 0.3) is 10.0 Å². The van der Waals surface area contributed by atoms with E-state index in [4.69, 9.17) is 4.99 Å². The van der Waals surface area contributed by atoms with Gasteiger partial charge < -0.3 is 0 Å². The van der Waals surface area contributed by atoms with Gasteiger partial charge in [0.25, 0.3) is 0 Å². The topological polar surface area (TPSA) is 49.7 Å². The number of ketones is 1. The molecule has 1 atom stereocenters. The van der Waals surface area contributed by atoms with Crippen LogP contribution < -0.4 is 5.19 Å². The summed E-state index contributed by atoms with van der Waals surface area (Å²) in [4.78, 5) is 19.0. The van der Waals surface area contributed by atoms with E-state index in [0.717, 1.165) is 33.4 Å². The molecule has 3 nitrogen and oxygen atoms in total. The number of phenols is 1. The van der Waals surface area contributed by atoms with Crippen molar-refractivity contribution in [3.05, 3.63) is 65.3 Å². The van der Waals surface area contributed by atoms with Gasteiger partial charge in [0.1, 0.15) is 0 Å². The molecule has 0 fully saturated rings. The fraction of sp³-hybridized carbons (Fsp3) is 0.100. The van der Waals surface area contributed by atoms with E-state index in [0.29, 0.717) is 5.75 Å². The first-order valence-corrected chi connectivity index (χ1v) is 12.6. The molecule has 0 saturated carbocycles. The second-order valence-corrected chi connectivity index (χ2v) is 12.5. The zero-order chi connectivity index (χ0) is 17.6. The average molecular weight is 410 g/mol. The Morgan fingerprint density at radius 1 is 1.32 bits per heavy atom. The van der Waals surface area contributed by atoms with Crippen LogP contribution in [0.5, 0.6) is 5.75 Å². The van der Waals surface area contributed by atoms with E-state index < -0.39 is 8.07 Å². The van der Waals surface area contributed by atoms with Gasteiger partial charge in [-0.2, -0.15) is 0 Å². The molecule has 0 bridgehead atoms. The molecular weight excluding hydrogens is 393 g/mol. The molecule has 1 aromatic heterocycles. The molecule has 1 aromatic carbocycles. The van der Waals surface area contributed by atoms with Crippen molar-refractivity contribution in [2.75, 3.05) is 0 Å². The van der Waals surface area contributed by atoms with Gasteiger partial charge in [0.15, 0.2) is 0 Å². The molecule has 2 heterocycles. The summed E-state index contributed by atoms with van der Waals surface area (Å²) < 4.78 is 1.17. The van der Waals surface area contributed by atoms with E-state index in [1.54, 1.807) is 18.2 Å². The van der Waals surface area contributed by atoms with Gasteiger partial charge in [0.2, 0.25) is 0 Å². The van der Waals surface area contributed by atoms with E-state index in [1.807, 2.05) is 24.3 Å². The van der Waals surface area contributed by atoms with Gasteiger partial charge in [0.05, 0.1) is 0 Å². The van der Waals surface area contributed by atoms with Crippen molar-refractivity contribution in [1.29, 1.82) is 0 Å². The number of carbonyl (C=O) groups is 1. The Hall–Kier alpha value is -2.20. The predicted molar refractivity (Wildman–Crippen MR) is 106 cm³/mol. The molecule has 0 saturated heterocycles. The van der Waals surface area contributed by atoms with Crippen LogP contribution in [0.3, 0.4) is 0 Å². The molecule has 0 spiro atoms. The van der Waals surface area contributed by atoms with Gasteiger partial charge in [-0.15, -0.1) is 0 Å². The number of aliphatic imine (C=N–C) groups is 1. The van der Waals surface area contributed by atoms with Crippen molar-refractivity contribution in [3.63, 3.8) is 0 Å². The average Bonchev–Trinajstić information content (AvgIpc) is 3.11. The third-order valence-electron chi connectivity index (χ3n) is 4.84. The SMILES string of the molecule is C=CC[Si]1(C)C2=CC(=O)C=CC2=Nc2ccc(O)c(-c3ccc[se]3)c21. The summed E-state index contributed by atoms with van der Waals surface area (Å²) >= 11 is 0.205. The number of benzene rings is 1. The number of phenolic OH excluding ortho intramolecular Hbond substituents is 1. The third-order valence-corrected chi connectivity index (χ3v) is 11.0. The fourth-order valence-electron chi connectivity index (χ4n) is 3.72. The summed E-state index contributed by atoms with van der Waals surface area (Å²) in [6.45, 7) is 6.21. The Balaban J connectivity index is 2.10. The number of rotatable bonds is 3. The van der Waals surface area contributed by atoms with E-state index >= 15 is 0 Å². The van der Waals surface area contributed by atoms with Crippen molar-refractivity contribution in [3.8, 4) is 15.8 Å². The van der Waals surface area contributed by atoms with Gasteiger partial charge in [-0.1, -0.05) is 0 Å². The van der Waals surface area contributed by atoms with Crippen LogP contribution in [0.15, 0.2) is 70.3 Å². The van der Waals surface area contributed by atoms with Gasteiger partial charge >= 0.3 is 153 Å². The van der Waals surface area contributed by atoms with E-state index in [-0.39, 0.29) is 20.3 Å². The van der Waals surface area contributed by atoms with Crippen LogP contribution in [0.2, 0.25) is 12.6 Å². The minimum absolute atomic E-state index is 0.00728. The Morgan fingerprint density at radius 3 is 2.88 bits per heavy atom. The van der Waals surface area contributed by atoms with Crippen LogP contribution in [-0.2, 0) is 4.79 Å². The number of carbonyl (C=O) groups excluding carboxylic acids is 1. The van der Waals surface area contributed by atoms with Crippen molar-refractivity contribution < 1.29 is 9.90 Å². The number of fused-ring (bicyclic) bond motifs is 2. The summed E-state index contributed by atoms with van der Waals surface area (Å²) in [7, 11) is -2.28. The maximum atomic E-state index is 12.0. The molecule has 5 heteroatoms. The molecule has 1 aliphatic carbocycles. The molecule has 1 unspecified atom stereocenters. The molecule has 25 heavy (non-hydrogen) atoms. The molecule has 1 N–H and O–H groups in total. The quantitative estimate of drug-likeness (QED) is 0.480.